The average Bonchev–Trinajstić information content (AvgIpc) is 2.71. The summed E-state index contributed by atoms with van der Waals surface area (Å²) in [6.45, 7) is 4.91. The van der Waals surface area contributed by atoms with Gasteiger partial charge in [0.1, 0.15) is 11.6 Å². The van der Waals surface area contributed by atoms with Crippen LogP contribution in [0.25, 0.3) is 11.0 Å². The van der Waals surface area contributed by atoms with E-state index in [-0.39, 0.29) is 19.4 Å². The van der Waals surface area contributed by atoms with Crippen molar-refractivity contribution in [2.45, 2.75) is 69.5 Å². The number of pyridine rings is 2. The molecule has 0 saturated carbocycles. The molecule has 0 radical (unpaired) electrons. The second kappa shape index (κ2) is 9.30. The molecule has 3 N–H and O–H groups in total. The summed E-state index contributed by atoms with van der Waals surface area (Å²) in [5, 5.41) is 16.3. The van der Waals surface area contributed by atoms with Gasteiger partial charge >= 0.3 is 12.3 Å². The monoisotopic (exact) mass is 470 g/mol. The molecule has 0 spiro atoms. The SMILES string of the molecule is COc1ccc2nccc(C[C@@H](O)[C@@]3(NC(=O)OC(C)(C)C)CCN[C@H](C(F)(F)F)C3)c2n1. The molecule has 3 rings (SSSR count). The summed E-state index contributed by atoms with van der Waals surface area (Å²) < 4.78 is 51.1. The molecular weight excluding hydrogens is 441 g/mol. The van der Waals surface area contributed by atoms with E-state index in [0.29, 0.717) is 22.5 Å². The number of amides is 1. The van der Waals surface area contributed by atoms with E-state index < -0.39 is 42.0 Å². The van der Waals surface area contributed by atoms with Crippen LogP contribution in [0.4, 0.5) is 18.0 Å². The van der Waals surface area contributed by atoms with Crippen molar-refractivity contribution in [3.05, 3.63) is 30.0 Å². The summed E-state index contributed by atoms with van der Waals surface area (Å²) in [4.78, 5) is 21.2. The number of nitrogens with zero attached hydrogens (tertiary/aromatic N) is 2. The van der Waals surface area contributed by atoms with Crippen LogP contribution in [-0.4, -0.2) is 64.3 Å². The number of alkyl halides is 3. The lowest BCUT2D eigenvalue weighted by molar-refractivity contribution is -0.170. The number of alkyl carbamates (subject to hydrolysis) is 1. The second-order valence-electron chi connectivity index (χ2n) is 9.20. The molecule has 0 unspecified atom stereocenters. The number of rotatable bonds is 5. The maximum atomic E-state index is 13.6. The first kappa shape index (κ1) is 25.0. The van der Waals surface area contributed by atoms with Crippen molar-refractivity contribution in [1.82, 2.24) is 20.6 Å². The normalized spacial score (nSPS) is 22.6. The lowest BCUT2D eigenvalue weighted by Gasteiger charge is -2.45. The van der Waals surface area contributed by atoms with Crippen LogP contribution in [0.2, 0.25) is 0 Å². The van der Waals surface area contributed by atoms with E-state index in [4.69, 9.17) is 9.47 Å². The molecule has 33 heavy (non-hydrogen) atoms. The van der Waals surface area contributed by atoms with Gasteiger partial charge in [-0.05, 0) is 57.9 Å². The minimum absolute atomic E-state index is 0.0415. The zero-order valence-electron chi connectivity index (χ0n) is 19.0. The van der Waals surface area contributed by atoms with Crippen molar-refractivity contribution in [3.63, 3.8) is 0 Å². The van der Waals surface area contributed by atoms with Crippen molar-refractivity contribution in [2.75, 3.05) is 13.7 Å². The van der Waals surface area contributed by atoms with Crippen LogP contribution in [0.15, 0.2) is 24.4 Å². The summed E-state index contributed by atoms with van der Waals surface area (Å²) >= 11 is 0. The molecule has 0 bridgehead atoms. The molecule has 1 aliphatic heterocycles. The van der Waals surface area contributed by atoms with Gasteiger partial charge in [0.2, 0.25) is 5.88 Å². The largest absolute Gasteiger partial charge is 0.481 e. The van der Waals surface area contributed by atoms with Crippen molar-refractivity contribution in [3.8, 4) is 5.88 Å². The number of carbonyl (C=O) groups excluding carboxylic acids is 1. The standard InChI is InChI=1S/C22H29F3N4O4/c1-20(2,3)33-19(31)29-21(8-10-27-15(12-21)22(23,24)25)16(30)11-13-7-9-26-14-5-6-17(32-4)28-18(13)14/h5-7,9,15-16,27,30H,8,10-12H2,1-4H3,(H,29,31)/t15-,16+,21+/m0/s1. The molecule has 1 amide bonds. The molecule has 182 valence electrons. The molecule has 3 heterocycles. The van der Waals surface area contributed by atoms with Crippen LogP contribution in [0.5, 0.6) is 5.88 Å². The van der Waals surface area contributed by atoms with Crippen LogP contribution in [0.1, 0.15) is 39.2 Å². The zero-order valence-corrected chi connectivity index (χ0v) is 19.0. The van der Waals surface area contributed by atoms with Gasteiger partial charge in [0.05, 0.1) is 29.8 Å². The van der Waals surface area contributed by atoms with Gasteiger partial charge in [0.15, 0.2) is 0 Å². The van der Waals surface area contributed by atoms with E-state index >= 15 is 0 Å². The first-order valence-electron chi connectivity index (χ1n) is 10.6. The third-order valence-electron chi connectivity index (χ3n) is 5.58. The molecular formula is C22H29F3N4O4. The number of aliphatic hydroxyl groups is 1. The number of fused-ring (bicyclic) bond motifs is 1. The fourth-order valence-electron chi connectivity index (χ4n) is 3.99. The van der Waals surface area contributed by atoms with Gasteiger partial charge < -0.3 is 25.2 Å². The fraction of sp³-hybridized carbons (Fsp3) is 0.591. The van der Waals surface area contributed by atoms with Crippen molar-refractivity contribution in [2.24, 2.45) is 0 Å². The number of nitrogens with one attached hydrogen (secondary N) is 2. The van der Waals surface area contributed by atoms with Crippen molar-refractivity contribution < 1.29 is 32.5 Å². The summed E-state index contributed by atoms with van der Waals surface area (Å²) in [5.41, 5.74) is -0.840. The summed E-state index contributed by atoms with van der Waals surface area (Å²) in [6, 6.07) is 3.10. The van der Waals surface area contributed by atoms with Crippen LogP contribution in [0.3, 0.4) is 0 Å². The highest BCUT2D eigenvalue weighted by Crippen LogP contribution is 2.35. The highest BCUT2D eigenvalue weighted by molar-refractivity contribution is 5.78. The number of aliphatic hydroxyl groups excluding tert-OH is 1. The number of piperidine rings is 1. The van der Waals surface area contributed by atoms with Crippen LogP contribution < -0.4 is 15.4 Å². The van der Waals surface area contributed by atoms with Gasteiger partial charge in [0, 0.05) is 18.7 Å². The number of carbonyl (C=O) groups is 1. The first-order chi connectivity index (χ1) is 15.3. The Bertz CT molecular complexity index is 996. The third kappa shape index (κ3) is 6.02. The Hall–Kier alpha value is -2.66. The Kier molecular flexibility index (Phi) is 7.04. The van der Waals surface area contributed by atoms with Crippen LogP contribution in [-0.2, 0) is 11.2 Å². The van der Waals surface area contributed by atoms with E-state index in [9.17, 15) is 23.1 Å². The number of aromatic nitrogens is 2. The zero-order chi connectivity index (χ0) is 24.4. The highest BCUT2D eigenvalue weighted by Gasteiger charge is 2.51. The predicted octanol–water partition coefficient (Wildman–Crippen LogP) is 3.12. The molecule has 1 saturated heterocycles. The van der Waals surface area contributed by atoms with Crippen LogP contribution >= 0.6 is 0 Å². The maximum absolute atomic E-state index is 13.6. The van der Waals surface area contributed by atoms with E-state index in [2.05, 4.69) is 20.6 Å². The number of hydrogen-bond acceptors (Lipinski definition) is 7. The Balaban J connectivity index is 1.95. The summed E-state index contributed by atoms with van der Waals surface area (Å²) in [7, 11) is 1.46. The second-order valence-corrected chi connectivity index (χ2v) is 9.20. The smallest absolute Gasteiger partial charge is 0.408 e. The molecule has 0 aliphatic carbocycles. The molecule has 0 aromatic carbocycles. The van der Waals surface area contributed by atoms with E-state index in [1.165, 1.54) is 13.3 Å². The van der Waals surface area contributed by atoms with E-state index in [1.807, 2.05) is 0 Å². The molecule has 1 fully saturated rings. The van der Waals surface area contributed by atoms with Gasteiger partial charge in [-0.3, -0.25) is 4.98 Å². The fourth-order valence-corrected chi connectivity index (χ4v) is 3.99. The van der Waals surface area contributed by atoms with Gasteiger partial charge in [0.25, 0.3) is 0 Å². The summed E-state index contributed by atoms with van der Waals surface area (Å²) in [6.07, 6.45) is -5.76. The third-order valence-corrected chi connectivity index (χ3v) is 5.58. The molecule has 1 aliphatic rings. The lowest BCUT2D eigenvalue weighted by atomic mass is 9.77. The number of hydrogen-bond donors (Lipinski definition) is 3. The molecule has 11 heteroatoms. The van der Waals surface area contributed by atoms with Crippen molar-refractivity contribution >= 4 is 17.1 Å². The molecule has 2 aromatic rings. The van der Waals surface area contributed by atoms with Gasteiger partial charge in [-0.25, -0.2) is 9.78 Å². The number of halogens is 3. The summed E-state index contributed by atoms with van der Waals surface area (Å²) in [5.74, 6) is 0.340. The van der Waals surface area contributed by atoms with E-state index in [0.717, 1.165) is 0 Å². The molecule has 2 aromatic heterocycles. The number of methoxy groups -OCH3 is 1. The molecule has 8 nitrogen and oxygen atoms in total. The highest BCUT2D eigenvalue weighted by atomic mass is 19.4. The van der Waals surface area contributed by atoms with Crippen molar-refractivity contribution in [1.29, 1.82) is 0 Å². The van der Waals surface area contributed by atoms with Gasteiger partial charge in [-0.15, -0.1) is 0 Å². The Morgan fingerprint density at radius 3 is 2.70 bits per heavy atom. The van der Waals surface area contributed by atoms with Gasteiger partial charge in [-0.1, -0.05) is 0 Å². The lowest BCUT2D eigenvalue weighted by Crippen LogP contribution is -2.66. The predicted molar refractivity (Wildman–Crippen MR) is 115 cm³/mol. The van der Waals surface area contributed by atoms with E-state index in [1.54, 1.807) is 39.0 Å². The van der Waals surface area contributed by atoms with Crippen LogP contribution in [0, 0.1) is 0 Å². The Morgan fingerprint density at radius 1 is 1.33 bits per heavy atom. The minimum atomic E-state index is -4.54. The Labute approximate surface area is 189 Å². The average molecular weight is 470 g/mol. The topological polar surface area (TPSA) is 106 Å². The maximum Gasteiger partial charge on any atom is 0.408 e. The minimum Gasteiger partial charge on any atom is -0.481 e. The quantitative estimate of drug-likeness (QED) is 0.617. The first-order valence-corrected chi connectivity index (χ1v) is 10.6. The van der Waals surface area contributed by atoms with Gasteiger partial charge in [-0.2, -0.15) is 13.2 Å². The Morgan fingerprint density at radius 2 is 2.06 bits per heavy atom. The number of ether oxygens (including phenoxy) is 2. The molecule has 3 atom stereocenters.